The minimum absolute atomic E-state index is 0.0476. The summed E-state index contributed by atoms with van der Waals surface area (Å²) < 4.78 is 29.0. The SMILES string of the molecule is CC(C)CNCc1cnn(-c2ccc(Br)cc2)c1C(F)F. The molecule has 0 saturated heterocycles. The summed E-state index contributed by atoms with van der Waals surface area (Å²) in [6.45, 7) is 5.33. The van der Waals surface area contributed by atoms with Crippen LogP contribution in [0.4, 0.5) is 8.78 Å². The molecule has 1 aromatic carbocycles. The summed E-state index contributed by atoms with van der Waals surface area (Å²) in [4.78, 5) is 0. The van der Waals surface area contributed by atoms with Crippen LogP contribution in [0.3, 0.4) is 0 Å². The fraction of sp³-hybridized carbons (Fsp3) is 0.400. The molecule has 0 fully saturated rings. The number of halogens is 3. The standard InChI is InChI=1S/C15H18BrF2N3/c1-10(2)7-19-8-11-9-20-21(14(11)15(17)18)13-5-3-12(16)4-6-13/h3-6,9-10,15,19H,7-8H2,1-2H3. The Balaban J connectivity index is 2.26. The summed E-state index contributed by atoms with van der Waals surface area (Å²) in [5.74, 6) is 0.474. The largest absolute Gasteiger partial charge is 0.312 e. The van der Waals surface area contributed by atoms with Crippen molar-refractivity contribution in [3.8, 4) is 5.69 Å². The van der Waals surface area contributed by atoms with Crippen molar-refractivity contribution in [1.82, 2.24) is 15.1 Å². The zero-order chi connectivity index (χ0) is 15.4. The first-order chi connectivity index (χ1) is 9.99. The van der Waals surface area contributed by atoms with Crippen molar-refractivity contribution in [1.29, 1.82) is 0 Å². The molecule has 0 unspecified atom stereocenters. The van der Waals surface area contributed by atoms with Gasteiger partial charge in [-0.25, -0.2) is 13.5 Å². The van der Waals surface area contributed by atoms with Crippen molar-refractivity contribution in [2.24, 2.45) is 5.92 Å². The Kier molecular flexibility index (Phi) is 5.47. The predicted molar refractivity (Wildman–Crippen MR) is 82.8 cm³/mol. The number of benzene rings is 1. The molecule has 0 spiro atoms. The lowest BCUT2D eigenvalue weighted by Crippen LogP contribution is -2.19. The molecule has 2 rings (SSSR count). The molecule has 6 heteroatoms. The van der Waals surface area contributed by atoms with Crippen LogP contribution in [0, 0.1) is 5.92 Å². The van der Waals surface area contributed by atoms with Gasteiger partial charge >= 0.3 is 0 Å². The Morgan fingerprint density at radius 2 is 1.90 bits per heavy atom. The smallest absolute Gasteiger partial charge is 0.280 e. The van der Waals surface area contributed by atoms with E-state index in [1.54, 1.807) is 12.1 Å². The van der Waals surface area contributed by atoms with Gasteiger partial charge in [-0.05, 0) is 36.7 Å². The van der Waals surface area contributed by atoms with Crippen LogP contribution in [0.15, 0.2) is 34.9 Å². The van der Waals surface area contributed by atoms with Gasteiger partial charge in [-0.15, -0.1) is 0 Å². The van der Waals surface area contributed by atoms with Crippen LogP contribution >= 0.6 is 15.9 Å². The van der Waals surface area contributed by atoms with Crippen molar-refractivity contribution in [3.63, 3.8) is 0 Å². The first-order valence-electron chi connectivity index (χ1n) is 6.80. The molecule has 0 aliphatic rings. The molecule has 0 amide bonds. The number of rotatable bonds is 6. The number of hydrogen-bond acceptors (Lipinski definition) is 2. The van der Waals surface area contributed by atoms with Crippen molar-refractivity contribution >= 4 is 15.9 Å². The zero-order valence-corrected chi connectivity index (χ0v) is 13.6. The Morgan fingerprint density at radius 1 is 1.24 bits per heavy atom. The summed E-state index contributed by atoms with van der Waals surface area (Å²) in [5, 5.41) is 7.29. The van der Waals surface area contributed by atoms with Crippen LogP contribution in [0.25, 0.3) is 5.69 Å². The van der Waals surface area contributed by atoms with Gasteiger partial charge in [0.1, 0.15) is 5.69 Å². The van der Waals surface area contributed by atoms with Crippen molar-refractivity contribution < 1.29 is 8.78 Å². The summed E-state index contributed by atoms with van der Waals surface area (Å²) in [7, 11) is 0. The van der Waals surface area contributed by atoms with Crippen molar-refractivity contribution in [2.45, 2.75) is 26.8 Å². The molecule has 0 bridgehead atoms. The molecule has 114 valence electrons. The molecule has 1 heterocycles. The van der Waals surface area contributed by atoms with Gasteiger partial charge in [0.2, 0.25) is 0 Å². The highest BCUT2D eigenvalue weighted by Gasteiger charge is 2.20. The van der Waals surface area contributed by atoms with E-state index in [4.69, 9.17) is 0 Å². The highest BCUT2D eigenvalue weighted by atomic mass is 79.9. The second-order valence-corrected chi connectivity index (χ2v) is 6.18. The maximum atomic E-state index is 13.4. The van der Waals surface area contributed by atoms with Gasteiger partial charge in [-0.1, -0.05) is 29.8 Å². The van der Waals surface area contributed by atoms with Crippen LogP contribution in [0.2, 0.25) is 0 Å². The van der Waals surface area contributed by atoms with Gasteiger partial charge in [0, 0.05) is 16.6 Å². The minimum atomic E-state index is -2.56. The normalized spacial score (nSPS) is 11.6. The number of nitrogens with zero attached hydrogens (tertiary/aromatic N) is 2. The van der Waals surface area contributed by atoms with Gasteiger partial charge < -0.3 is 5.32 Å². The van der Waals surface area contributed by atoms with Gasteiger partial charge in [0.05, 0.1) is 11.9 Å². The minimum Gasteiger partial charge on any atom is -0.312 e. The molecular weight excluding hydrogens is 340 g/mol. The quantitative estimate of drug-likeness (QED) is 0.834. The summed E-state index contributed by atoms with van der Waals surface area (Å²) in [6.07, 6.45) is -1.05. The van der Waals surface area contributed by atoms with E-state index in [9.17, 15) is 8.78 Å². The second-order valence-electron chi connectivity index (χ2n) is 5.27. The topological polar surface area (TPSA) is 29.9 Å². The van der Waals surface area contributed by atoms with Crippen molar-refractivity contribution in [3.05, 3.63) is 46.2 Å². The Hall–Kier alpha value is -1.27. The number of nitrogens with one attached hydrogen (secondary N) is 1. The van der Waals surface area contributed by atoms with Crippen molar-refractivity contribution in [2.75, 3.05) is 6.54 Å². The molecule has 0 saturated carbocycles. The molecule has 1 N–H and O–H groups in total. The number of aromatic nitrogens is 2. The van der Waals surface area contributed by atoms with Crippen LogP contribution < -0.4 is 5.32 Å². The molecule has 3 nitrogen and oxygen atoms in total. The summed E-state index contributed by atoms with van der Waals surface area (Å²) >= 11 is 3.33. The van der Waals surface area contributed by atoms with E-state index in [-0.39, 0.29) is 5.69 Å². The van der Waals surface area contributed by atoms with Gasteiger partial charge in [-0.3, -0.25) is 0 Å². The maximum absolute atomic E-state index is 13.4. The van der Waals surface area contributed by atoms with Gasteiger partial charge in [0.25, 0.3) is 6.43 Å². The first-order valence-corrected chi connectivity index (χ1v) is 7.60. The fourth-order valence-corrected chi connectivity index (χ4v) is 2.31. The molecule has 21 heavy (non-hydrogen) atoms. The summed E-state index contributed by atoms with van der Waals surface area (Å²) in [6, 6.07) is 7.13. The highest BCUT2D eigenvalue weighted by Crippen LogP contribution is 2.26. The van der Waals surface area contributed by atoms with E-state index in [0.29, 0.717) is 23.7 Å². The number of hydrogen-bond donors (Lipinski definition) is 1. The molecule has 0 radical (unpaired) electrons. The Bertz CT molecular complexity index is 579. The van der Waals surface area contributed by atoms with E-state index < -0.39 is 6.43 Å². The first kappa shape index (κ1) is 16.1. The average Bonchev–Trinajstić information content (AvgIpc) is 2.83. The Labute approximate surface area is 131 Å². The predicted octanol–water partition coefficient (Wildman–Crippen LogP) is 4.32. The molecule has 0 atom stereocenters. The van der Waals surface area contributed by atoms with Crippen LogP contribution in [0.5, 0.6) is 0 Å². The third-order valence-electron chi connectivity index (χ3n) is 3.03. The van der Waals surface area contributed by atoms with Crippen LogP contribution in [-0.4, -0.2) is 16.3 Å². The zero-order valence-electron chi connectivity index (χ0n) is 12.0. The highest BCUT2D eigenvalue weighted by molar-refractivity contribution is 9.10. The molecule has 0 aliphatic heterocycles. The van der Waals surface area contributed by atoms with Crippen LogP contribution in [0.1, 0.15) is 31.5 Å². The second kappa shape index (κ2) is 7.13. The molecule has 2 aromatic rings. The Morgan fingerprint density at radius 3 is 2.48 bits per heavy atom. The van der Waals surface area contributed by atoms with E-state index >= 15 is 0 Å². The van der Waals surface area contributed by atoms with Crippen LogP contribution in [-0.2, 0) is 6.54 Å². The lowest BCUT2D eigenvalue weighted by Gasteiger charge is -2.10. The average molecular weight is 358 g/mol. The number of alkyl halides is 2. The van der Waals surface area contributed by atoms with E-state index in [0.717, 1.165) is 11.0 Å². The third-order valence-corrected chi connectivity index (χ3v) is 3.56. The lowest BCUT2D eigenvalue weighted by atomic mass is 10.2. The molecule has 0 aliphatic carbocycles. The van der Waals surface area contributed by atoms with Gasteiger partial charge in [-0.2, -0.15) is 5.10 Å². The summed E-state index contributed by atoms with van der Waals surface area (Å²) in [5.41, 5.74) is 1.12. The lowest BCUT2D eigenvalue weighted by molar-refractivity contribution is 0.141. The van der Waals surface area contributed by atoms with Gasteiger partial charge in [0.15, 0.2) is 0 Å². The third kappa shape index (κ3) is 4.11. The fourth-order valence-electron chi connectivity index (χ4n) is 2.04. The van der Waals surface area contributed by atoms with E-state index in [1.165, 1.54) is 10.9 Å². The van der Waals surface area contributed by atoms with E-state index in [2.05, 4.69) is 40.2 Å². The monoisotopic (exact) mass is 357 g/mol. The molecule has 1 aromatic heterocycles. The molecular formula is C15H18BrF2N3. The van der Waals surface area contributed by atoms with E-state index in [1.807, 2.05) is 12.1 Å². The maximum Gasteiger partial charge on any atom is 0.280 e.